The molecule has 2 aromatic heterocycles. The quantitative estimate of drug-likeness (QED) is 0.568. The number of aryl methyl sites for hydroxylation is 1. The van der Waals surface area contributed by atoms with Crippen molar-refractivity contribution in [3.05, 3.63) is 60.0 Å². The van der Waals surface area contributed by atoms with E-state index < -0.39 is 0 Å². The summed E-state index contributed by atoms with van der Waals surface area (Å²) in [6, 6.07) is 13.2. The Labute approximate surface area is 196 Å². The van der Waals surface area contributed by atoms with Crippen LogP contribution >= 0.6 is 0 Å². The van der Waals surface area contributed by atoms with Gasteiger partial charge in [0.15, 0.2) is 0 Å². The molecule has 4 heterocycles. The molecule has 0 unspecified atom stereocenters. The first-order valence-electron chi connectivity index (χ1n) is 12.2. The zero-order chi connectivity index (χ0) is 22.6. The summed E-state index contributed by atoms with van der Waals surface area (Å²) in [4.78, 5) is 9.54. The van der Waals surface area contributed by atoms with Crippen molar-refractivity contribution in [2.75, 3.05) is 37.7 Å². The molecule has 0 aliphatic carbocycles. The average Bonchev–Trinajstić information content (AvgIpc) is 3.33. The fourth-order valence-electron chi connectivity index (χ4n) is 4.98. The largest absolute Gasteiger partial charge is 0.376 e. The minimum Gasteiger partial charge on any atom is -0.376 e. The summed E-state index contributed by atoms with van der Waals surface area (Å²) in [5, 5.41) is 8.80. The third-order valence-electron chi connectivity index (χ3n) is 7.03. The van der Waals surface area contributed by atoms with Gasteiger partial charge in [0.1, 0.15) is 5.69 Å². The van der Waals surface area contributed by atoms with Crippen LogP contribution in [0.2, 0.25) is 0 Å². The lowest BCUT2D eigenvalue weighted by Gasteiger charge is -2.39. The van der Waals surface area contributed by atoms with Crippen LogP contribution in [0.3, 0.4) is 0 Å². The van der Waals surface area contributed by atoms with E-state index >= 15 is 0 Å². The minimum atomic E-state index is 0.260. The molecule has 2 aliphatic rings. The SMILES string of the molecule is Cc1cc(N2CCN([C@H](C)c3ccccn3)CC2)ccc1-c1cn(C[C@H]2CCCCO2)nn1. The molecule has 0 amide bonds. The van der Waals surface area contributed by atoms with Crippen LogP contribution in [0.25, 0.3) is 11.3 Å². The molecular weight excluding hydrogens is 412 g/mol. The number of ether oxygens (including phenoxy) is 1. The topological polar surface area (TPSA) is 59.3 Å². The minimum absolute atomic E-state index is 0.260. The molecule has 0 N–H and O–H groups in total. The van der Waals surface area contributed by atoms with E-state index in [9.17, 15) is 0 Å². The average molecular weight is 447 g/mol. The van der Waals surface area contributed by atoms with Crippen molar-refractivity contribution >= 4 is 5.69 Å². The van der Waals surface area contributed by atoms with Crippen LogP contribution in [0.1, 0.15) is 43.5 Å². The molecule has 174 valence electrons. The van der Waals surface area contributed by atoms with Crippen LogP contribution in [0, 0.1) is 6.92 Å². The molecule has 2 aliphatic heterocycles. The molecular formula is C26H34N6O. The maximum absolute atomic E-state index is 5.85. The molecule has 2 atom stereocenters. The third-order valence-corrected chi connectivity index (χ3v) is 7.03. The Hall–Kier alpha value is -2.77. The molecule has 5 rings (SSSR count). The number of nitrogens with zero attached hydrogens (tertiary/aromatic N) is 6. The molecule has 3 aromatic rings. The Morgan fingerprint density at radius 2 is 1.97 bits per heavy atom. The molecule has 0 radical (unpaired) electrons. The fourth-order valence-corrected chi connectivity index (χ4v) is 4.98. The molecule has 0 spiro atoms. The second-order valence-electron chi connectivity index (χ2n) is 9.27. The highest BCUT2D eigenvalue weighted by molar-refractivity contribution is 5.67. The van der Waals surface area contributed by atoms with E-state index in [1.807, 2.05) is 16.9 Å². The number of piperazine rings is 1. The van der Waals surface area contributed by atoms with Gasteiger partial charge in [-0.25, -0.2) is 4.68 Å². The second-order valence-corrected chi connectivity index (χ2v) is 9.27. The van der Waals surface area contributed by atoms with Crippen molar-refractivity contribution in [1.82, 2.24) is 24.9 Å². The highest BCUT2D eigenvalue weighted by atomic mass is 16.5. The number of hydrogen-bond acceptors (Lipinski definition) is 6. The van der Waals surface area contributed by atoms with Crippen molar-refractivity contribution in [2.45, 2.75) is 51.8 Å². The standard InChI is InChI=1S/C26H34N6O/c1-20-17-22(31-14-12-30(13-15-31)21(2)25-8-3-5-11-27-25)9-10-24(20)26-19-32(29-28-26)18-23-7-4-6-16-33-23/h3,5,8-11,17,19,21,23H,4,6-7,12-16,18H2,1-2H3/t21-,23-/m1/s1. The molecule has 33 heavy (non-hydrogen) atoms. The Bertz CT molecular complexity index is 1040. The summed E-state index contributed by atoms with van der Waals surface area (Å²) in [6.07, 6.45) is 7.71. The van der Waals surface area contributed by atoms with E-state index in [0.29, 0.717) is 6.04 Å². The van der Waals surface area contributed by atoms with Crippen LogP contribution < -0.4 is 4.90 Å². The number of anilines is 1. The lowest BCUT2D eigenvalue weighted by Crippen LogP contribution is -2.47. The number of rotatable bonds is 6. The first-order chi connectivity index (χ1) is 16.2. The summed E-state index contributed by atoms with van der Waals surface area (Å²) >= 11 is 0. The molecule has 7 heteroatoms. The van der Waals surface area contributed by atoms with Crippen molar-refractivity contribution in [3.63, 3.8) is 0 Å². The lowest BCUT2D eigenvalue weighted by molar-refractivity contribution is 0.00370. The second kappa shape index (κ2) is 10.0. The molecule has 0 bridgehead atoms. The monoisotopic (exact) mass is 446 g/mol. The fraction of sp³-hybridized carbons (Fsp3) is 0.500. The number of benzene rings is 1. The van der Waals surface area contributed by atoms with Crippen LogP contribution in [0.5, 0.6) is 0 Å². The normalized spacial score (nSPS) is 20.7. The van der Waals surface area contributed by atoms with Crippen molar-refractivity contribution in [3.8, 4) is 11.3 Å². The number of aromatic nitrogens is 4. The maximum atomic E-state index is 5.85. The van der Waals surface area contributed by atoms with Gasteiger partial charge in [-0.1, -0.05) is 17.3 Å². The summed E-state index contributed by atoms with van der Waals surface area (Å²) in [6.45, 7) is 10.2. The summed E-state index contributed by atoms with van der Waals surface area (Å²) < 4.78 is 7.78. The van der Waals surface area contributed by atoms with Gasteiger partial charge in [-0.05, 0) is 62.9 Å². The Morgan fingerprint density at radius 3 is 2.70 bits per heavy atom. The Kier molecular flexibility index (Phi) is 6.69. The van der Waals surface area contributed by atoms with E-state index in [4.69, 9.17) is 4.74 Å². The molecule has 2 saturated heterocycles. The predicted molar refractivity (Wildman–Crippen MR) is 130 cm³/mol. The summed E-state index contributed by atoms with van der Waals surface area (Å²) in [5.41, 5.74) is 5.75. The zero-order valence-corrected chi connectivity index (χ0v) is 19.7. The van der Waals surface area contributed by atoms with Crippen molar-refractivity contribution < 1.29 is 4.74 Å². The Morgan fingerprint density at radius 1 is 1.09 bits per heavy atom. The van der Waals surface area contributed by atoms with Gasteiger partial charge in [0.2, 0.25) is 0 Å². The smallest absolute Gasteiger partial charge is 0.113 e. The van der Waals surface area contributed by atoms with Gasteiger partial charge < -0.3 is 9.64 Å². The number of pyridine rings is 1. The van der Waals surface area contributed by atoms with Crippen LogP contribution in [-0.2, 0) is 11.3 Å². The van der Waals surface area contributed by atoms with Gasteiger partial charge in [0.05, 0.1) is 24.5 Å². The Balaban J connectivity index is 1.21. The molecule has 7 nitrogen and oxygen atoms in total. The number of hydrogen-bond donors (Lipinski definition) is 0. The zero-order valence-electron chi connectivity index (χ0n) is 19.7. The van der Waals surface area contributed by atoms with Gasteiger partial charge in [0, 0.05) is 56.3 Å². The van der Waals surface area contributed by atoms with E-state index in [2.05, 4.69) is 75.5 Å². The maximum Gasteiger partial charge on any atom is 0.113 e. The lowest BCUT2D eigenvalue weighted by atomic mass is 10.0. The van der Waals surface area contributed by atoms with Gasteiger partial charge in [-0.3, -0.25) is 9.88 Å². The van der Waals surface area contributed by atoms with Crippen LogP contribution in [-0.4, -0.2) is 63.8 Å². The van der Waals surface area contributed by atoms with E-state index in [1.54, 1.807) is 0 Å². The molecule has 2 fully saturated rings. The van der Waals surface area contributed by atoms with Gasteiger partial charge in [-0.15, -0.1) is 5.10 Å². The van der Waals surface area contributed by atoms with Gasteiger partial charge in [-0.2, -0.15) is 0 Å². The third kappa shape index (κ3) is 5.09. The van der Waals surface area contributed by atoms with Crippen molar-refractivity contribution in [1.29, 1.82) is 0 Å². The predicted octanol–water partition coefficient (Wildman–Crippen LogP) is 4.10. The summed E-state index contributed by atoms with van der Waals surface area (Å²) in [7, 11) is 0. The van der Waals surface area contributed by atoms with Gasteiger partial charge in [0.25, 0.3) is 0 Å². The van der Waals surface area contributed by atoms with Crippen LogP contribution in [0.4, 0.5) is 5.69 Å². The first-order valence-corrected chi connectivity index (χ1v) is 12.2. The van der Waals surface area contributed by atoms with E-state index in [1.165, 1.54) is 24.1 Å². The first kappa shape index (κ1) is 22.0. The highest BCUT2D eigenvalue weighted by Crippen LogP contribution is 2.28. The van der Waals surface area contributed by atoms with Gasteiger partial charge >= 0.3 is 0 Å². The highest BCUT2D eigenvalue weighted by Gasteiger charge is 2.23. The van der Waals surface area contributed by atoms with E-state index in [0.717, 1.165) is 62.7 Å². The van der Waals surface area contributed by atoms with Crippen molar-refractivity contribution in [2.24, 2.45) is 0 Å². The molecule has 0 saturated carbocycles. The summed E-state index contributed by atoms with van der Waals surface area (Å²) in [5.74, 6) is 0. The van der Waals surface area contributed by atoms with E-state index in [-0.39, 0.29) is 6.10 Å². The molecule has 1 aromatic carbocycles. The van der Waals surface area contributed by atoms with Crippen LogP contribution in [0.15, 0.2) is 48.8 Å².